The van der Waals surface area contributed by atoms with Gasteiger partial charge in [0.2, 0.25) is 0 Å². The fourth-order valence-corrected chi connectivity index (χ4v) is 2.31. The third kappa shape index (κ3) is 8.35. The van der Waals surface area contributed by atoms with Crippen LogP contribution in [-0.4, -0.2) is 58.6 Å². The minimum absolute atomic E-state index is 0.182. The van der Waals surface area contributed by atoms with Gasteiger partial charge in [-0.05, 0) is 29.5 Å². The maximum Gasteiger partial charge on any atom is 0.119 e. The highest BCUT2D eigenvalue weighted by atomic mass is 16.5. The van der Waals surface area contributed by atoms with E-state index in [1.165, 1.54) is 5.56 Å². The summed E-state index contributed by atoms with van der Waals surface area (Å²) in [4.78, 5) is 2.35. The molecule has 0 radical (unpaired) electrons. The average molecular weight is 323 g/mol. The van der Waals surface area contributed by atoms with Crippen molar-refractivity contribution in [2.24, 2.45) is 0 Å². The molecule has 0 fully saturated rings. The fourth-order valence-electron chi connectivity index (χ4n) is 2.31. The summed E-state index contributed by atoms with van der Waals surface area (Å²) in [6.07, 6.45) is 0.994. The second kappa shape index (κ2) is 10.6. The molecule has 0 atom stereocenters. The number of hydrogen-bond acceptors (Lipinski definition) is 4. The van der Waals surface area contributed by atoms with Crippen molar-refractivity contribution in [3.05, 3.63) is 29.8 Å². The van der Waals surface area contributed by atoms with Gasteiger partial charge in [-0.15, -0.1) is 0 Å². The van der Waals surface area contributed by atoms with Gasteiger partial charge >= 0.3 is 0 Å². The first-order chi connectivity index (χ1) is 11.0. The fraction of sp³-hybridized carbons (Fsp3) is 0.684. The molecule has 0 N–H and O–H groups in total. The molecule has 4 heteroatoms. The lowest BCUT2D eigenvalue weighted by Gasteiger charge is -2.21. The third-order valence-corrected chi connectivity index (χ3v) is 3.83. The van der Waals surface area contributed by atoms with E-state index in [9.17, 15) is 0 Å². The topological polar surface area (TPSA) is 30.9 Å². The van der Waals surface area contributed by atoms with Gasteiger partial charge in [0, 0.05) is 33.9 Å². The predicted molar refractivity (Wildman–Crippen MR) is 95.4 cm³/mol. The molecule has 0 heterocycles. The van der Waals surface area contributed by atoms with Crippen LogP contribution in [0.5, 0.6) is 5.75 Å². The number of nitrogens with zero attached hydrogens (tertiary/aromatic N) is 1. The zero-order chi connectivity index (χ0) is 17.1. The highest BCUT2D eigenvalue weighted by molar-refractivity contribution is 5.31. The van der Waals surface area contributed by atoms with Gasteiger partial charge in [-0.25, -0.2) is 0 Å². The van der Waals surface area contributed by atoms with Gasteiger partial charge in [0.1, 0.15) is 5.75 Å². The molecular formula is C19H33NO3. The first-order valence-electron chi connectivity index (χ1n) is 8.41. The van der Waals surface area contributed by atoms with Crippen LogP contribution in [-0.2, 0) is 14.9 Å². The van der Waals surface area contributed by atoms with E-state index in [4.69, 9.17) is 14.2 Å². The molecule has 0 spiro atoms. The first kappa shape index (κ1) is 19.9. The van der Waals surface area contributed by atoms with Crippen molar-refractivity contribution < 1.29 is 14.2 Å². The maximum atomic E-state index is 5.84. The molecule has 0 amide bonds. The summed E-state index contributed by atoms with van der Waals surface area (Å²) in [5.74, 6) is 0.943. The highest BCUT2D eigenvalue weighted by Crippen LogP contribution is 2.24. The van der Waals surface area contributed by atoms with Gasteiger partial charge in [0.05, 0.1) is 19.8 Å². The van der Waals surface area contributed by atoms with Crippen LogP contribution in [0.25, 0.3) is 0 Å². The molecule has 0 unspecified atom stereocenters. The number of hydrogen-bond donors (Lipinski definition) is 0. The molecule has 0 saturated heterocycles. The first-order valence-corrected chi connectivity index (χ1v) is 8.41. The van der Waals surface area contributed by atoms with Crippen molar-refractivity contribution in [3.8, 4) is 5.75 Å². The van der Waals surface area contributed by atoms with Crippen molar-refractivity contribution in [1.29, 1.82) is 0 Å². The van der Waals surface area contributed by atoms with Crippen molar-refractivity contribution in [3.63, 3.8) is 0 Å². The Labute approximate surface area is 141 Å². The smallest absolute Gasteiger partial charge is 0.119 e. The van der Waals surface area contributed by atoms with Crippen molar-refractivity contribution in [1.82, 2.24) is 4.90 Å². The van der Waals surface area contributed by atoms with Crippen LogP contribution < -0.4 is 4.74 Å². The Balaban J connectivity index is 2.31. The maximum absolute atomic E-state index is 5.84. The summed E-state index contributed by atoms with van der Waals surface area (Å²) in [5.41, 5.74) is 1.51. The molecular weight excluding hydrogens is 290 g/mol. The largest absolute Gasteiger partial charge is 0.494 e. The summed E-state index contributed by atoms with van der Waals surface area (Å²) < 4.78 is 16.1. The number of rotatable bonds is 11. The summed E-state index contributed by atoms with van der Waals surface area (Å²) in [6, 6.07) is 8.43. The molecule has 0 aliphatic rings. The van der Waals surface area contributed by atoms with E-state index in [-0.39, 0.29) is 5.41 Å². The zero-order valence-corrected chi connectivity index (χ0v) is 15.4. The molecule has 0 saturated carbocycles. The summed E-state index contributed by atoms with van der Waals surface area (Å²) in [7, 11) is 3.47. The van der Waals surface area contributed by atoms with Crippen LogP contribution in [0.4, 0.5) is 0 Å². The Morgan fingerprint density at radius 2 is 1.39 bits per heavy atom. The molecule has 0 aliphatic heterocycles. The van der Waals surface area contributed by atoms with Crippen LogP contribution in [0, 0.1) is 0 Å². The quantitative estimate of drug-likeness (QED) is 0.584. The number of ether oxygens (including phenoxy) is 3. The van der Waals surface area contributed by atoms with Crippen LogP contribution in [0.2, 0.25) is 0 Å². The molecule has 0 aromatic heterocycles. The van der Waals surface area contributed by atoms with Crippen LogP contribution in [0.15, 0.2) is 24.3 Å². The Morgan fingerprint density at radius 3 is 1.87 bits per heavy atom. The highest BCUT2D eigenvalue weighted by Gasteiger charge is 2.12. The van der Waals surface area contributed by atoms with E-state index >= 15 is 0 Å². The van der Waals surface area contributed by atoms with Gasteiger partial charge in [-0.2, -0.15) is 0 Å². The van der Waals surface area contributed by atoms with Gasteiger partial charge in [0.15, 0.2) is 0 Å². The molecule has 1 rings (SSSR count). The van der Waals surface area contributed by atoms with E-state index < -0.39 is 0 Å². The van der Waals surface area contributed by atoms with Crippen LogP contribution >= 0.6 is 0 Å². The van der Waals surface area contributed by atoms with Gasteiger partial charge in [-0.1, -0.05) is 32.9 Å². The van der Waals surface area contributed by atoms with E-state index in [0.29, 0.717) is 0 Å². The number of methoxy groups -OCH3 is 2. The lowest BCUT2D eigenvalue weighted by atomic mass is 9.87. The van der Waals surface area contributed by atoms with Crippen LogP contribution in [0.1, 0.15) is 32.8 Å². The van der Waals surface area contributed by atoms with Crippen LogP contribution in [0.3, 0.4) is 0 Å². The second-order valence-corrected chi connectivity index (χ2v) is 6.80. The lowest BCUT2D eigenvalue weighted by Crippen LogP contribution is -2.32. The van der Waals surface area contributed by atoms with E-state index in [2.05, 4.69) is 49.9 Å². The van der Waals surface area contributed by atoms with Gasteiger partial charge in [0.25, 0.3) is 0 Å². The Hall–Kier alpha value is -1.10. The Bertz CT molecular complexity index is 404. The average Bonchev–Trinajstić information content (AvgIpc) is 2.53. The van der Waals surface area contributed by atoms with Gasteiger partial charge < -0.3 is 14.2 Å². The Morgan fingerprint density at radius 1 is 0.826 bits per heavy atom. The van der Waals surface area contributed by atoms with E-state index in [1.807, 2.05) is 0 Å². The summed E-state index contributed by atoms with van der Waals surface area (Å²) >= 11 is 0. The standard InChI is InChI=1S/C19H33NO3/c1-19(2,3)17-7-9-18(10-8-17)23-14-6-11-20(12-15-21-4)13-16-22-5/h7-10H,6,11-16H2,1-5H3. The lowest BCUT2D eigenvalue weighted by molar-refractivity contribution is 0.110. The van der Waals surface area contributed by atoms with Crippen molar-refractivity contribution in [2.75, 3.05) is 53.7 Å². The van der Waals surface area contributed by atoms with Crippen molar-refractivity contribution in [2.45, 2.75) is 32.6 Å². The summed E-state index contributed by atoms with van der Waals surface area (Å²) in [5, 5.41) is 0. The molecule has 0 bridgehead atoms. The third-order valence-electron chi connectivity index (χ3n) is 3.83. The SMILES string of the molecule is COCCN(CCCOc1ccc(C(C)(C)C)cc1)CCOC. The normalized spacial score (nSPS) is 11.9. The second-order valence-electron chi connectivity index (χ2n) is 6.80. The summed E-state index contributed by atoms with van der Waals surface area (Å²) in [6.45, 7) is 11.7. The van der Waals surface area contributed by atoms with Crippen molar-refractivity contribution >= 4 is 0 Å². The van der Waals surface area contributed by atoms with Gasteiger partial charge in [-0.3, -0.25) is 4.90 Å². The molecule has 1 aromatic carbocycles. The molecule has 132 valence electrons. The molecule has 1 aromatic rings. The Kier molecular flexibility index (Phi) is 9.22. The zero-order valence-electron chi connectivity index (χ0n) is 15.4. The predicted octanol–water partition coefficient (Wildman–Crippen LogP) is 3.35. The minimum atomic E-state index is 0.182. The monoisotopic (exact) mass is 323 g/mol. The molecule has 4 nitrogen and oxygen atoms in total. The number of benzene rings is 1. The van der Waals surface area contributed by atoms with E-state index in [0.717, 1.165) is 51.6 Å². The minimum Gasteiger partial charge on any atom is -0.494 e. The van der Waals surface area contributed by atoms with E-state index in [1.54, 1.807) is 14.2 Å². The molecule has 0 aliphatic carbocycles. The molecule has 23 heavy (non-hydrogen) atoms.